The number of aryl methyl sites for hydroxylation is 2. The Kier molecular flexibility index (Phi) is 6.04. The van der Waals surface area contributed by atoms with Gasteiger partial charge in [0.25, 0.3) is 0 Å². The van der Waals surface area contributed by atoms with Gasteiger partial charge < -0.3 is 5.32 Å². The van der Waals surface area contributed by atoms with Crippen molar-refractivity contribution in [2.75, 3.05) is 13.1 Å². The largest absolute Gasteiger partial charge is 0.353 e. The molecule has 1 N–H and O–H groups in total. The monoisotopic (exact) mass is 352 g/mol. The van der Waals surface area contributed by atoms with Gasteiger partial charge in [-0.3, -0.25) is 4.79 Å². The molecule has 24 heavy (non-hydrogen) atoms. The highest BCUT2D eigenvalue weighted by Crippen LogP contribution is 2.24. The lowest BCUT2D eigenvalue weighted by Crippen LogP contribution is -2.46. The van der Waals surface area contributed by atoms with E-state index < -0.39 is 10.0 Å². The minimum absolute atomic E-state index is 0.0562. The van der Waals surface area contributed by atoms with E-state index in [0.29, 0.717) is 43.2 Å². The van der Waals surface area contributed by atoms with E-state index in [9.17, 15) is 13.2 Å². The standard InChI is InChI=1S/C18H28N2O3S/c1-13(2)11-18(21)19-16-7-9-20(10-8-16)24(22,23)17-6-5-14(3)12-15(17)4/h5-6,12-13,16H,7-11H2,1-4H3,(H,19,21). The topological polar surface area (TPSA) is 66.5 Å². The van der Waals surface area contributed by atoms with Crippen molar-refractivity contribution in [1.29, 1.82) is 0 Å². The maximum Gasteiger partial charge on any atom is 0.243 e. The van der Waals surface area contributed by atoms with E-state index in [4.69, 9.17) is 0 Å². The van der Waals surface area contributed by atoms with E-state index in [1.165, 1.54) is 4.31 Å². The lowest BCUT2D eigenvalue weighted by Gasteiger charge is -2.32. The molecule has 1 amide bonds. The number of carbonyl (C=O) groups excluding carboxylic acids is 1. The first kappa shape index (κ1) is 18.9. The number of piperidine rings is 1. The second-order valence-corrected chi connectivity index (χ2v) is 9.02. The van der Waals surface area contributed by atoms with Crippen molar-refractivity contribution in [3.05, 3.63) is 29.3 Å². The van der Waals surface area contributed by atoms with Gasteiger partial charge in [-0.05, 0) is 44.2 Å². The van der Waals surface area contributed by atoms with Crippen molar-refractivity contribution < 1.29 is 13.2 Å². The molecule has 0 unspecified atom stereocenters. The van der Waals surface area contributed by atoms with Crippen molar-refractivity contribution in [2.45, 2.75) is 57.9 Å². The number of rotatable bonds is 5. The molecule has 1 aromatic rings. The van der Waals surface area contributed by atoms with Crippen LogP contribution in [0.4, 0.5) is 0 Å². The summed E-state index contributed by atoms with van der Waals surface area (Å²) >= 11 is 0. The van der Waals surface area contributed by atoms with E-state index >= 15 is 0 Å². The van der Waals surface area contributed by atoms with E-state index in [1.54, 1.807) is 6.07 Å². The van der Waals surface area contributed by atoms with Crippen LogP contribution in [0.2, 0.25) is 0 Å². The zero-order chi connectivity index (χ0) is 17.9. The highest BCUT2D eigenvalue weighted by atomic mass is 32.2. The van der Waals surface area contributed by atoms with Crippen LogP contribution in [0.25, 0.3) is 0 Å². The van der Waals surface area contributed by atoms with Crippen LogP contribution in [0, 0.1) is 19.8 Å². The molecule has 0 atom stereocenters. The van der Waals surface area contributed by atoms with Crippen LogP contribution in [0.15, 0.2) is 23.1 Å². The molecule has 0 spiro atoms. The Morgan fingerprint density at radius 2 is 1.88 bits per heavy atom. The third-order valence-electron chi connectivity index (χ3n) is 4.36. The van der Waals surface area contributed by atoms with Gasteiger partial charge in [0, 0.05) is 25.6 Å². The second-order valence-electron chi connectivity index (χ2n) is 7.11. The summed E-state index contributed by atoms with van der Waals surface area (Å²) in [5.41, 5.74) is 1.83. The average molecular weight is 353 g/mol. The van der Waals surface area contributed by atoms with E-state index in [-0.39, 0.29) is 11.9 Å². The summed E-state index contributed by atoms with van der Waals surface area (Å²) in [5, 5.41) is 3.02. The number of benzene rings is 1. The molecule has 1 saturated heterocycles. The first-order valence-electron chi connectivity index (χ1n) is 8.57. The fourth-order valence-corrected chi connectivity index (χ4v) is 4.80. The number of hydrogen-bond acceptors (Lipinski definition) is 3. The lowest BCUT2D eigenvalue weighted by molar-refractivity contribution is -0.122. The summed E-state index contributed by atoms with van der Waals surface area (Å²) < 4.78 is 27.2. The third kappa shape index (κ3) is 4.57. The van der Waals surface area contributed by atoms with Gasteiger partial charge in [-0.2, -0.15) is 4.31 Å². The van der Waals surface area contributed by atoms with Crippen LogP contribution in [0.3, 0.4) is 0 Å². The van der Waals surface area contributed by atoms with Crippen molar-refractivity contribution in [3.8, 4) is 0 Å². The van der Waals surface area contributed by atoms with Gasteiger partial charge in [0.1, 0.15) is 0 Å². The summed E-state index contributed by atoms with van der Waals surface area (Å²) in [6.07, 6.45) is 1.84. The number of carbonyl (C=O) groups is 1. The quantitative estimate of drug-likeness (QED) is 0.886. The predicted octanol–water partition coefficient (Wildman–Crippen LogP) is 2.62. The van der Waals surface area contributed by atoms with Gasteiger partial charge in [0.15, 0.2) is 0 Å². The van der Waals surface area contributed by atoms with Gasteiger partial charge >= 0.3 is 0 Å². The van der Waals surface area contributed by atoms with Gasteiger partial charge in [-0.25, -0.2) is 8.42 Å². The number of sulfonamides is 1. The Morgan fingerprint density at radius 3 is 2.42 bits per heavy atom. The molecule has 1 aromatic carbocycles. The molecule has 1 fully saturated rings. The van der Waals surface area contributed by atoms with E-state index in [0.717, 1.165) is 11.1 Å². The van der Waals surface area contributed by atoms with Crippen LogP contribution in [0.5, 0.6) is 0 Å². The van der Waals surface area contributed by atoms with Gasteiger partial charge in [-0.15, -0.1) is 0 Å². The molecular formula is C18H28N2O3S. The van der Waals surface area contributed by atoms with Crippen LogP contribution in [-0.4, -0.2) is 37.8 Å². The molecule has 0 radical (unpaired) electrons. The van der Waals surface area contributed by atoms with Crippen molar-refractivity contribution >= 4 is 15.9 Å². The Hall–Kier alpha value is -1.40. The molecule has 1 aliphatic rings. The Morgan fingerprint density at radius 1 is 1.25 bits per heavy atom. The molecular weight excluding hydrogens is 324 g/mol. The number of nitrogens with zero attached hydrogens (tertiary/aromatic N) is 1. The highest BCUT2D eigenvalue weighted by Gasteiger charge is 2.30. The maximum atomic E-state index is 12.8. The minimum Gasteiger partial charge on any atom is -0.353 e. The predicted molar refractivity (Wildman–Crippen MR) is 95.3 cm³/mol. The van der Waals surface area contributed by atoms with Crippen LogP contribution < -0.4 is 5.32 Å². The molecule has 0 saturated carbocycles. The van der Waals surface area contributed by atoms with E-state index in [1.807, 2.05) is 39.8 Å². The summed E-state index contributed by atoms with van der Waals surface area (Å²) in [5.74, 6) is 0.385. The van der Waals surface area contributed by atoms with Crippen LogP contribution >= 0.6 is 0 Å². The van der Waals surface area contributed by atoms with Crippen LogP contribution in [-0.2, 0) is 14.8 Å². The molecule has 0 bridgehead atoms. The molecule has 2 rings (SSSR count). The van der Waals surface area contributed by atoms with E-state index in [2.05, 4.69) is 5.32 Å². The lowest BCUT2D eigenvalue weighted by atomic mass is 10.1. The first-order chi connectivity index (χ1) is 11.2. The molecule has 1 aliphatic heterocycles. The highest BCUT2D eigenvalue weighted by molar-refractivity contribution is 7.89. The zero-order valence-corrected chi connectivity index (χ0v) is 15.8. The normalized spacial score (nSPS) is 17.2. The second kappa shape index (κ2) is 7.66. The molecule has 1 heterocycles. The molecule has 6 heteroatoms. The fourth-order valence-electron chi connectivity index (χ4n) is 3.13. The van der Waals surface area contributed by atoms with Gasteiger partial charge in [-0.1, -0.05) is 31.5 Å². The van der Waals surface area contributed by atoms with Crippen molar-refractivity contribution in [2.24, 2.45) is 5.92 Å². The minimum atomic E-state index is -3.46. The molecule has 134 valence electrons. The van der Waals surface area contributed by atoms with Gasteiger partial charge in [0.2, 0.25) is 15.9 Å². The Labute approximate surface area is 145 Å². The van der Waals surface area contributed by atoms with Crippen molar-refractivity contribution in [1.82, 2.24) is 9.62 Å². The number of hydrogen-bond donors (Lipinski definition) is 1. The average Bonchev–Trinajstić information content (AvgIpc) is 2.46. The zero-order valence-electron chi connectivity index (χ0n) is 15.0. The Bertz CT molecular complexity index is 690. The maximum absolute atomic E-state index is 12.8. The smallest absolute Gasteiger partial charge is 0.243 e. The van der Waals surface area contributed by atoms with Crippen LogP contribution in [0.1, 0.15) is 44.2 Å². The summed E-state index contributed by atoms with van der Waals surface area (Å²) in [4.78, 5) is 12.2. The Balaban J connectivity index is 1.99. The van der Waals surface area contributed by atoms with Crippen molar-refractivity contribution in [3.63, 3.8) is 0 Å². The first-order valence-corrected chi connectivity index (χ1v) is 10.0. The fraction of sp³-hybridized carbons (Fsp3) is 0.611. The SMILES string of the molecule is Cc1ccc(S(=O)(=O)N2CCC(NC(=O)CC(C)C)CC2)c(C)c1. The number of amides is 1. The third-order valence-corrected chi connectivity index (χ3v) is 6.42. The molecule has 0 aromatic heterocycles. The molecule has 5 nitrogen and oxygen atoms in total. The number of nitrogens with one attached hydrogen (secondary N) is 1. The van der Waals surface area contributed by atoms with Gasteiger partial charge in [0.05, 0.1) is 4.90 Å². The molecule has 0 aliphatic carbocycles. The summed E-state index contributed by atoms with van der Waals surface area (Å²) in [6.45, 7) is 8.70. The summed E-state index contributed by atoms with van der Waals surface area (Å²) in [6, 6.07) is 5.49. The summed E-state index contributed by atoms with van der Waals surface area (Å²) in [7, 11) is -3.46.